The van der Waals surface area contributed by atoms with Gasteiger partial charge in [-0.3, -0.25) is 4.79 Å². The van der Waals surface area contributed by atoms with Gasteiger partial charge in [-0.1, -0.05) is 42.5 Å². The summed E-state index contributed by atoms with van der Waals surface area (Å²) in [5.41, 5.74) is 4.12. The van der Waals surface area contributed by atoms with Gasteiger partial charge in [-0.15, -0.1) is 0 Å². The molecule has 3 aromatic rings. The quantitative estimate of drug-likeness (QED) is 0.608. The molecule has 8 heteroatoms. The minimum atomic E-state index is -3.73. The van der Waals surface area contributed by atoms with E-state index in [2.05, 4.69) is 10.2 Å². The average molecular weight is 478 g/mol. The predicted molar refractivity (Wildman–Crippen MR) is 132 cm³/mol. The number of nitrogens with one attached hydrogen (secondary N) is 1. The molecule has 0 unspecified atom stereocenters. The fourth-order valence-corrected chi connectivity index (χ4v) is 5.94. The van der Waals surface area contributed by atoms with Crippen molar-refractivity contribution in [3.63, 3.8) is 0 Å². The number of hydrogen-bond acceptors (Lipinski definition) is 5. The van der Waals surface area contributed by atoms with Gasteiger partial charge in [-0.05, 0) is 47.9 Å². The van der Waals surface area contributed by atoms with Crippen LogP contribution in [0.2, 0.25) is 0 Å². The fraction of sp³-hybridized carbons (Fsp3) is 0.269. The summed E-state index contributed by atoms with van der Waals surface area (Å²) in [6, 6.07) is 21.8. The van der Waals surface area contributed by atoms with E-state index in [1.54, 1.807) is 18.2 Å². The SMILES string of the molecule is O=C(Nc1ccccc1N1CCOCC1)c1cccc(S(=O)(=O)N2CCc3ccccc3C2)c1. The van der Waals surface area contributed by atoms with Gasteiger partial charge in [0, 0.05) is 31.7 Å². The molecule has 0 radical (unpaired) electrons. The number of ether oxygens (including phenoxy) is 1. The van der Waals surface area contributed by atoms with Crippen LogP contribution in [0.4, 0.5) is 11.4 Å². The van der Waals surface area contributed by atoms with Crippen molar-refractivity contribution in [1.82, 2.24) is 4.31 Å². The number of nitrogens with zero attached hydrogens (tertiary/aromatic N) is 2. The van der Waals surface area contributed by atoms with Crippen molar-refractivity contribution in [2.45, 2.75) is 17.9 Å². The van der Waals surface area contributed by atoms with Crippen LogP contribution >= 0.6 is 0 Å². The van der Waals surface area contributed by atoms with E-state index in [1.165, 1.54) is 15.9 Å². The highest BCUT2D eigenvalue weighted by atomic mass is 32.2. The number of para-hydroxylation sites is 2. The highest BCUT2D eigenvalue weighted by molar-refractivity contribution is 7.89. The van der Waals surface area contributed by atoms with Crippen LogP contribution in [0.15, 0.2) is 77.7 Å². The van der Waals surface area contributed by atoms with Crippen molar-refractivity contribution < 1.29 is 17.9 Å². The summed E-state index contributed by atoms with van der Waals surface area (Å²) < 4.78 is 33.7. The Morgan fingerprint density at radius 2 is 1.59 bits per heavy atom. The average Bonchev–Trinajstić information content (AvgIpc) is 2.89. The smallest absolute Gasteiger partial charge is 0.255 e. The maximum Gasteiger partial charge on any atom is 0.255 e. The molecule has 3 aromatic carbocycles. The number of rotatable bonds is 5. The molecule has 1 saturated heterocycles. The predicted octanol–water partition coefficient (Wildman–Crippen LogP) is 3.52. The van der Waals surface area contributed by atoms with Gasteiger partial charge in [0.25, 0.3) is 5.91 Å². The molecule has 1 N–H and O–H groups in total. The first-order chi connectivity index (χ1) is 16.5. The lowest BCUT2D eigenvalue weighted by molar-refractivity contribution is 0.102. The topological polar surface area (TPSA) is 79.0 Å². The summed E-state index contributed by atoms with van der Waals surface area (Å²) in [7, 11) is -3.73. The molecule has 0 bridgehead atoms. The third kappa shape index (κ3) is 4.57. The van der Waals surface area contributed by atoms with E-state index in [4.69, 9.17) is 4.74 Å². The molecule has 2 heterocycles. The maximum atomic E-state index is 13.4. The Bertz CT molecular complexity index is 1300. The zero-order chi connectivity index (χ0) is 23.5. The third-order valence-corrected chi connectivity index (χ3v) is 8.17. The molecule has 0 saturated carbocycles. The zero-order valence-electron chi connectivity index (χ0n) is 18.8. The van der Waals surface area contributed by atoms with Crippen LogP contribution in [0, 0.1) is 0 Å². The molecule has 0 aliphatic carbocycles. The molecule has 176 valence electrons. The van der Waals surface area contributed by atoms with Gasteiger partial charge in [0.2, 0.25) is 10.0 Å². The summed E-state index contributed by atoms with van der Waals surface area (Å²) in [4.78, 5) is 15.4. The lowest BCUT2D eigenvalue weighted by Gasteiger charge is -2.30. The number of benzene rings is 3. The summed E-state index contributed by atoms with van der Waals surface area (Å²) in [5, 5.41) is 2.97. The Labute approximate surface area is 200 Å². The number of carbonyl (C=O) groups is 1. The number of morpholine rings is 1. The number of anilines is 2. The fourth-order valence-electron chi connectivity index (χ4n) is 4.48. The van der Waals surface area contributed by atoms with Gasteiger partial charge in [-0.2, -0.15) is 4.31 Å². The van der Waals surface area contributed by atoms with Crippen LogP contribution < -0.4 is 10.2 Å². The van der Waals surface area contributed by atoms with Crippen molar-refractivity contribution in [2.75, 3.05) is 43.1 Å². The summed E-state index contributed by atoms with van der Waals surface area (Å²) >= 11 is 0. The van der Waals surface area contributed by atoms with E-state index in [0.717, 1.165) is 24.3 Å². The second kappa shape index (κ2) is 9.58. The largest absolute Gasteiger partial charge is 0.378 e. The number of hydrogen-bond donors (Lipinski definition) is 1. The maximum absolute atomic E-state index is 13.4. The Hall–Kier alpha value is -3.20. The van der Waals surface area contributed by atoms with E-state index >= 15 is 0 Å². The van der Waals surface area contributed by atoms with Crippen molar-refractivity contribution >= 4 is 27.3 Å². The number of fused-ring (bicyclic) bond motifs is 1. The Morgan fingerprint density at radius 1 is 0.853 bits per heavy atom. The summed E-state index contributed by atoms with van der Waals surface area (Å²) in [6.45, 7) is 3.54. The lowest BCUT2D eigenvalue weighted by Crippen LogP contribution is -2.36. The molecular weight excluding hydrogens is 450 g/mol. The second-order valence-corrected chi connectivity index (χ2v) is 10.4. The first-order valence-electron chi connectivity index (χ1n) is 11.4. The van der Waals surface area contributed by atoms with Crippen LogP contribution in [-0.2, 0) is 27.7 Å². The van der Waals surface area contributed by atoms with Gasteiger partial charge >= 0.3 is 0 Å². The van der Waals surface area contributed by atoms with Crippen LogP contribution in [0.25, 0.3) is 0 Å². The number of carbonyl (C=O) groups excluding carboxylic acids is 1. The van der Waals surface area contributed by atoms with E-state index in [1.807, 2.05) is 48.5 Å². The highest BCUT2D eigenvalue weighted by Gasteiger charge is 2.28. The van der Waals surface area contributed by atoms with Gasteiger partial charge in [0.1, 0.15) is 0 Å². The van der Waals surface area contributed by atoms with Crippen LogP contribution in [0.1, 0.15) is 21.5 Å². The highest BCUT2D eigenvalue weighted by Crippen LogP contribution is 2.28. The Balaban J connectivity index is 1.36. The minimum Gasteiger partial charge on any atom is -0.378 e. The molecule has 7 nitrogen and oxygen atoms in total. The van der Waals surface area contributed by atoms with E-state index in [9.17, 15) is 13.2 Å². The molecule has 0 aromatic heterocycles. The Morgan fingerprint density at radius 3 is 2.41 bits per heavy atom. The number of sulfonamides is 1. The van der Waals surface area contributed by atoms with Gasteiger partial charge in [-0.25, -0.2) is 8.42 Å². The first kappa shape index (κ1) is 22.6. The van der Waals surface area contributed by atoms with Crippen LogP contribution in [-0.4, -0.2) is 51.5 Å². The summed E-state index contributed by atoms with van der Waals surface area (Å²) in [6.07, 6.45) is 0.675. The van der Waals surface area contributed by atoms with Crippen LogP contribution in [0.5, 0.6) is 0 Å². The van der Waals surface area contributed by atoms with Crippen molar-refractivity contribution in [3.05, 3.63) is 89.5 Å². The second-order valence-electron chi connectivity index (χ2n) is 8.46. The molecule has 1 amide bonds. The summed E-state index contributed by atoms with van der Waals surface area (Å²) in [5.74, 6) is -0.346. The molecule has 2 aliphatic heterocycles. The molecule has 5 rings (SSSR count). The Kier molecular flexibility index (Phi) is 6.36. The van der Waals surface area contributed by atoms with Crippen molar-refractivity contribution in [3.8, 4) is 0 Å². The standard InChI is InChI=1S/C26H27N3O4S/c30-26(27-24-10-3-4-11-25(24)28-14-16-33-17-15-28)21-8-5-9-23(18-21)34(31,32)29-13-12-20-6-1-2-7-22(20)19-29/h1-11,18H,12-17,19H2,(H,27,30). The monoisotopic (exact) mass is 477 g/mol. The van der Waals surface area contributed by atoms with Crippen molar-refractivity contribution in [2.24, 2.45) is 0 Å². The molecule has 1 fully saturated rings. The minimum absolute atomic E-state index is 0.126. The number of amides is 1. The van der Waals surface area contributed by atoms with Gasteiger partial charge < -0.3 is 15.0 Å². The zero-order valence-corrected chi connectivity index (χ0v) is 19.6. The van der Waals surface area contributed by atoms with Crippen molar-refractivity contribution in [1.29, 1.82) is 0 Å². The third-order valence-electron chi connectivity index (χ3n) is 6.33. The molecular formula is C26H27N3O4S. The van der Waals surface area contributed by atoms with E-state index < -0.39 is 10.0 Å². The van der Waals surface area contributed by atoms with E-state index in [-0.39, 0.29) is 10.8 Å². The normalized spacial score (nSPS) is 16.6. The molecule has 0 atom stereocenters. The van der Waals surface area contributed by atoms with E-state index in [0.29, 0.717) is 44.0 Å². The van der Waals surface area contributed by atoms with Crippen LogP contribution in [0.3, 0.4) is 0 Å². The molecule has 2 aliphatic rings. The molecule has 34 heavy (non-hydrogen) atoms. The molecule has 0 spiro atoms. The lowest BCUT2D eigenvalue weighted by atomic mass is 10.0. The van der Waals surface area contributed by atoms with Gasteiger partial charge in [0.15, 0.2) is 0 Å². The first-order valence-corrected chi connectivity index (χ1v) is 12.9. The van der Waals surface area contributed by atoms with Gasteiger partial charge in [0.05, 0.1) is 29.5 Å².